The van der Waals surface area contributed by atoms with Gasteiger partial charge in [0.15, 0.2) is 0 Å². The molecule has 0 amide bonds. The molecular formula is C21H15N. The third-order valence-electron chi connectivity index (χ3n) is 3.93. The van der Waals surface area contributed by atoms with E-state index in [2.05, 4.69) is 77.8 Å². The van der Waals surface area contributed by atoms with Gasteiger partial charge in [0.05, 0.1) is 5.52 Å². The molecule has 1 aromatic heterocycles. The van der Waals surface area contributed by atoms with E-state index in [-0.39, 0.29) is 0 Å². The fraction of sp³-hybridized carbons (Fsp3) is 0. The van der Waals surface area contributed by atoms with Crippen molar-refractivity contribution in [2.45, 2.75) is 0 Å². The van der Waals surface area contributed by atoms with Crippen molar-refractivity contribution in [2.24, 2.45) is 0 Å². The van der Waals surface area contributed by atoms with Gasteiger partial charge in [0.2, 0.25) is 0 Å². The van der Waals surface area contributed by atoms with E-state index < -0.39 is 0 Å². The van der Waals surface area contributed by atoms with E-state index in [1.165, 1.54) is 27.6 Å². The summed E-state index contributed by atoms with van der Waals surface area (Å²) in [4.78, 5) is 4.45. The third kappa shape index (κ3) is 2.27. The largest absolute Gasteiger partial charge is 0.256 e. The van der Waals surface area contributed by atoms with Gasteiger partial charge in [-0.05, 0) is 40.5 Å². The van der Waals surface area contributed by atoms with Gasteiger partial charge in [0.1, 0.15) is 0 Å². The molecule has 0 aliphatic rings. The van der Waals surface area contributed by atoms with Crippen LogP contribution in [0, 0.1) is 0 Å². The lowest BCUT2D eigenvalue weighted by atomic mass is 9.97. The van der Waals surface area contributed by atoms with E-state index in [4.69, 9.17) is 0 Å². The van der Waals surface area contributed by atoms with Crippen molar-refractivity contribution in [3.05, 3.63) is 91.1 Å². The molecule has 0 bridgehead atoms. The van der Waals surface area contributed by atoms with Crippen molar-refractivity contribution in [1.29, 1.82) is 0 Å². The second kappa shape index (κ2) is 5.45. The Hall–Kier alpha value is -2.93. The van der Waals surface area contributed by atoms with Gasteiger partial charge in [-0.2, -0.15) is 0 Å². The monoisotopic (exact) mass is 281 g/mol. The number of hydrogen-bond donors (Lipinski definition) is 0. The maximum absolute atomic E-state index is 4.45. The van der Waals surface area contributed by atoms with Crippen LogP contribution in [0.3, 0.4) is 0 Å². The Balaban J connectivity index is 1.89. The maximum atomic E-state index is 4.45. The molecule has 4 aromatic rings. The topological polar surface area (TPSA) is 12.9 Å². The van der Waals surface area contributed by atoms with Crippen LogP contribution in [0.5, 0.6) is 0 Å². The second-order valence-electron chi connectivity index (χ2n) is 5.32. The standard InChI is InChI=1S/C21H15N/c1-2-7-16(8-3-1)17-9-6-10-18(15-17)19-13-14-22-21-12-5-4-11-20(19)21/h1-15H. The van der Waals surface area contributed by atoms with Gasteiger partial charge in [-0.25, -0.2) is 0 Å². The van der Waals surface area contributed by atoms with E-state index in [0.717, 1.165) is 5.52 Å². The molecule has 0 saturated carbocycles. The number of fused-ring (bicyclic) bond motifs is 1. The zero-order chi connectivity index (χ0) is 14.8. The third-order valence-corrected chi connectivity index (χ3v) is 3.93. The fourth-order valence-electron chi connectivity index (χ4n) is 2.84. The minimum atomic E-state index is 1.03. The number of rotatable bonds is 2. The van der Waals surface area contributed by atoms with Crippen LogP contribution in [-0.2, 0) is 0 Å². The highest BCUT2D eigenvalue weighted by molar-refractivity contribution is 5.94. The Morgan fingerprint density at radius 3 is 2.18 bits per heavy atom. The fourth-order valence-corrected chi connectivity index (χ4v) is 2.84. The van der Waals surface area contributed by atoms with E-state index in [0.29, 0.717) is 0 Å². The van der Waals surface area contributed by atoms with Gasteiger partial charge in [0, 0.05) is 11.6 Å². The molecule has 1 nitrogen and oxygen atoms in total. The van der Waals surface area contributed by atoms with Crippen LogP contribution in [-0.4, -0.2) is 4.98 Å². The molecule has 3 aromatic carbocycles. The molecule has 0 N–H and O–H groups in total. The summed E-state index contributed by atoms with van der Waals surface area (Å²) in [5.74, 6) is 0. The van der Waals surface area contributed by atoms with Crippen LogP contribution in [0.4, 0.5) is 0 Å². The molecule has 22 heavy (non-hydrogen) atoms. The molecule has 4 rings (SSSR count). The Kier molecular flexibility index (Phi) is 3.17. The highest BCUT2D eigenvalue weighted by Gasteiger charge is 2.05. The predicted octanol–water partition coefficient (Wildman–Crippen LogP) is 5.57. The first-order valence-corrected chi connectivity index (χ1v) is 7.41. The zero-order valence-corrected chi connectivity index (χ0v) is 12.1. The van der Waals surface area contributed by atoms with Gasteiger partial charge < -0.3 is 0 Å². The normalized spacial score (nSPS) is 10.7. The van der Waals surface area contributed by atoms with Crippen molar-refractivity contribution in [3.63, 3.8) is 0 Å². The molecule has 0 atom stereocenters. The highest BCUT2D eigenvalue weighted by atomic mass is 14.6. The van der Waals surface area contributed by atoms with Crippen LogP contribution >= 0.6 is 0 Å². The van der Waals surface area contributed by atoms with Crippen LogP contribution in [0.25, 0.3) is 33.2 Å². The van der Waals surface area contributed by atoms with Gasteiger partial charge in [-0.3, -0.25) is 4.98 Å². The van der Waals surface area contributed by atoms with Crippen LogP contribution < -0.4 is 0 Å². The number of benzene rings is 3. The van der Waals surface area contributed by atoms with Gasteiger partial charge >= 0.3 is 0 Å². The van der Waals surface area contributed by atoms with Crippen molar-refractivity contribution in [3.8, 4) is 22.3 Å². The number of aromatic nitrogens is 1. The number of pyridine rings is 1. The lowest BCUT2D eigenvalue weighted by molar-refractivity contribution is 1.41. The number of para-hydroxylation sites is 1. The number of nitrogens with zero attached hydrogens (tertiary/aromatic N) is 1. The minimum Gasteiger partial charge on any atom is -0.256 e. The molecule has 1 heteroatoms. The van der Waals surface area contributed by atoms with Crippen molar-refractivity contribution in [2.75, 3.05) is 0 Å². The van der Waals surface area contributed by atoms with Crippen LogP contribution in [0.1, 0.15) is 0 Å². The Morgan fingerprint density at radius 1 is 0.545 bits per heavy atom. The van der Waals surface area contributed by atoms with Crippen LogP contribution in [0.15, 0.2) is 91.1 Å². The predicted molar refractivity (Wildman–Crippen MR) is 92.6 cm³/mol. The quantitative estimate of drug-likeness (QED) is 0.468. The first kappa shape index (κ1) is 12.8. The summed E-state index contributed by atoms with van der Waals surface area (Å²) in [6.45, 7) is 0. The van der Waals surface area contributed by atoms with E-state index in [1.54, 1.807) is 0 Å². The summed E-state index contributed by atoms with van der Waals surface area (Å²) in [7, 11) is 0. The van der Waals surface area contributed by atoms with Gasteiger partial charge in [-0.1, -0.05) is 66.7 Å². The SMILES string of the molecule is c1ccc(-c2cccc(-c3ccnc4ccccc34)c2)cc1. The Labute approximate surface area is 129 Å². The molecule has 0 fully saturated rings. The summed E-state index contributed by atoms with van der Waals surface area (Å²) >= 11 is 0. The Bertz CT molecular complexity index is 921. The van der Waals surface area contributed by atoms with Crippen molar-refractivity contribution < 1.29 is 0 Å². The summed E-state index contributed by atoms with van der Waals surface area (Å²) in [6, 6.07) is 29.5. The summed E-state index contributed by atoms with van der Waals surface area (Å²) in [5.41, 5.74) is 5.95. The summed E-state index contributed by atoms with van der Waals surface area (Å²) in [5, 5.41) is 1.19. The lowest BCUT2D eigenvalue weighted by Crippen LogP contribution is -1.85. The van der Waals surface area contributed by atoms with Gasteiger partial charge in [-0.15, -0.1) is 0 Å². The Morgan fingerprint density at radius 2 is 1.27 bits per heavy atom. The smallest absolute Gasteiger partial charge is 0.0708 e. The summed E-state index contributed by atoms with van der Waals surface area (Å²) < 4.78 is 0. The molecule has 0 aliphatic heterocycles. The zero-order valence-electron chi connectivity index (χ0n) is 12.1. The number of hydrogen-bond acceptors (Lipinski definition) is 1. The van der Waals surface area contributed by atoms with Gasteiger partial charge in [0.25, 0.3) is 0 Å². The van der Waals surface area contributed by atoms with Crippen molar-refractivity contribution >= 4 is 10.9 Å². The van der Waals surface area contributed by atoms with E-state index in [9.17, 15) is 0 Å². The molecule has 0 aliphatic carbocycles. The van der Waals surface area contributed by atoms with E-state index >= 15 is 0 Å². The second-order valence-corrected chi connectivity index (χ2v) is 5.32. The minimum absolute atomic E-state index is 1.03. The molecule has 0 radical (unpaired) electrons. The molecule has 0 saturated heterocycles. The molecule has 0 unspecified atom stereocenters. The lowest BCUT2D eigenvalue weighted by Gasteiger charge is -2.08. The molecule has 0 spiro atoms. The summed E-state index contributed by atoms with van der Waals surface area (Å²) in [6.07, 6.45) is 1.88. The molecule has 1 heterocycles. The maximum Gasteiger partial charge on any atom is 0.0708 e. The average molecular weight is 281 g/mol. The molecule has 104 valence electrons. The van der Waals surface area contributed by atoms with Crippen LogP contribution in [0.2, 0.25) is 0 Å². The average Bonchev–Trinajstić information content (AvgIpc) is 2.62. The first-order chi connectivity index (χ1) is 10.9. The molecular weight excluding hydrogens is 266 g/mol. The van der Waals surface area contributed by atoms with E-state index in [1.807, 2.05) is 18.3 Å². The van der Waals surface area contributed by atoms with Crippen molar-refractivity contribution in [1.82, 2.24) is 4.98 Å². The first-order valence-electron chi connectivity index (χ1n) is 7.41. The highest BCUT2D eigenvalue weighted by Crippen LogP contribution is 2.30.